The smallest absolute Gasteiger partial charge is 0.119 e. The molecule has 0 saturated carbocycles. The fraction of sp³-hybridized carbons (Fsp3) is 0.0667. The van der Waals surface area contributed by atoms with Crippen LogP contribution in [0.3, 0.4) is 0 Å². The molecule has 0 aliphatic heterocycles. The van der Waals surface area contributed by atoms with Crippen LogP contribution >= 0.6 is 8.19 Å². The number of hydrogen-bond donors (Lipinski definition) is 0. The summed E-state index contributed by atoms with van der Waals surface area (Å²) in [4.78, 5) is 0. The van der Waals surface area contributed by atoms with Crippen LogP contribution in [0.4, 0.5) is 0 Å². The van der Waals surface area contributed by atoms with E-state index in [0.29, 0.717) is 0 Å². The average Bonchev–Trinajstić information content (AvgIpc) is 2.89. The number of hydrogen-bond acceptors (Lipinski definition) is 1. The standard InChI is InChI=1S/C15H13N2P/c1-3-7-13(8-4-1)11-17-12-18-15(16-17)14-9-5-2-6-10-14/h1-10,12H,11H2. The third-order valence-electron chi connectivity index (χ3n) is 2.76. The molecule has 0 spiro atoms. The Morgan fingerprint density at radius 2 is 1.56 bits per heavy atom. The molecule has 0 amide bonds. The zero-order valence-electron chi connectivity index (χ0n) is 9.90. The summed E-state index contributed by atoms with van der Waals surface area (Å²) in [5.74, 6) is 2.12. The van der Waals surface area contributed by atoms with Gasteiger partial charge in [0.05, 0.1) is 12.5 Å². The van der Waals surface area contributed by atoms with Crippen molar-refractivity contribution < 1.29 is 0 Å². The predicted octanol–water partition coefficient (Wildman–Crippen LogP) is 4.18. The molecule has 0 bridgehead atoms. The maximum absolute atomic E-state index is 4.64. The second kappa shape index (κ2) is 5.16. The van der Waals surface area contributed by atoms with E-state index in [9.17, 15) is 0 Å². The maximum Gasteiger partial charge on any atom is 0.119 e. The summed E-state index contributed by atoms with van der Waals surface area (Å²) in [6.07, 6.45) is 0. The Kier molecular flexibility index (Phi) is 3.20. The minimum atomic E-state index is 0.837. The van der Waals surface area contributed by atoms with Crippen molar-refractivity contribution in [2.75, 3.05) is 0 Å². The molecule has 0 aliphatic rings. The highest BCUT2D eigenvalue weighted by Crippen LogP contribution is 2.25. The molecule has 2 aromatic carbocycles. The largest absolute Gasteiger partial charge is 0.263 e. The zero-order chi connectivity index (χ0) is 12.2. The minimum absolute atomic E-state index is 0.837. The number of aromatic nitrogens is 2. The summed E-state index contributed by atoms with van der Waals surface area (Å²) in [5, 5.41) is 4.64. The fourth-order valence-electron chi connectivity index (χ4n) is 1.86. The average molecular weight is 252 g/mol. The Balaban J connectivity index is 1.82. The van der Waals surface area contributed by atoms with Crippen LogP contribution < -0.4 is 0 Å². The lowest BCUT2D eigenvalue weighted by Gasteiger charge is -2.01. The third kappa shape index (κ3) is 2.49. The van der Waals surface area contributed by atoms with Gasteiger partial charge in [-0.15, -0.1) is 0 Å². The van der Waals surface area contributed by atoms with E-state index in [1.54, 1.807) is 0 Å². The van der Waals surface area contributed by atoms with Crippen molar-refractivity contribution in [2.24, 2.45) is 0 Å². The van der Waals surface area contributed by atoms with Gasteiger partial charge in [-0.3, -0.25) is 4.68 Å². The Hall–Kier alpha value is -1.92. The molecule has 1 heterocycles. The summed E-state index contributed by atoms with van der Waals surface area (Å²) in [5.41, 5.74) is 3.60. The van der Waals surface area contributed by atoms with Crippen molar-refractivity contribution in [3.63, 3.8) is 0 Å². The van der Waals surface area contributed by atoms with Crippen molar-refractivity contribution in [1.29, 1.82) is 0 Å². The van der Waals surface area contributed by atoms with Gasteiger partial charge in [0.15, 0.2) is 0 Å². The van der Waals surface area contributed by atoms with Gasteiger partial charge in [-0.05, 0) is 13.8 Å². The van der Waals surface area contributed by atoms with Crippen LogP contribution in [0.25, 0.3) is 11.0 Å². The highest BCUT2D eigenvalue weighted by Gasteiger charge is 2.02. The van der Waals surface area contributed by atoms with Crippen LogP contribution in [-0.2, 0) is 6.54 Å². The molecule has 18 heavy (non-hydrogen) atoms. The van der Waals surface area contributed by atoms with Gasteiger partial charge in [-0.25, -0.2) is 0 Å². The first-order valence-electron chi connectivity index (χ1n) is 5.90. The van der Waals surface area contributed by atoms with Gasteiger partial charge in [0, 0.05) is 5.56 Å². The van der Waals surface area contributed by atoms with Crippen molar-refractivity contribution in [3.8, 4) is 11.0 Å². The molecule has 2 nitrogen and oxygen atoms in total. The first-order valence-corrected chi connectivity index (χ1v) is 6.87. The van der Waals surface area contributed by atoms with Gasteiger partial charge < -0.3 is 0 Å². The van der Waals surface area contributed by atoms with E-state index in [2.05, 4.69) is 47.4 Å². The highest BCUT2D eigenvalue weighted by molar-refractivity contribution is 7.32. The lowest BCUT2D eigenvalue weighted by atomic mass is 10.2. The van der Waals surface area contributed by atoms with Gasteiger partial charge in [0.2, 0.25) is 0 Å². The minimum Gasteiger partial charge on any atom is -0.263 e. The Bertz CT molecular complexity index is 617. The molecule has 0 N–H and O–H groups in total. The summed E-state index contributed by atoms with van der Waals surface area (Å²) < 4.78 is 2.01. The summed E-state index contributed by atoms with van der Waals surface area (Å²) >= 11 is 0. The van der Waals surface area contributed by atoms with Crippen molar-refractivity contribution in [3.05, 3.63) is 72.2 Å². The first-order chi connectivity index (χ1) is 8.92. The zero-order valence-corrected chi connectivity index (χ0v) is 10.8. The van der Waals surface area contributed by atoms with Crippen LogP contribution in [0.5, 0.6) is 0 Å². The fourth-order valence-corrected chi connectivity index (χ4v) is 2.70. The van der Waals surface area contributed by atoms with Crippen molar-refractivity contribution in [1.82, 2.24) is 9.78 Å². The molecule has 88 valence electrons. The molecule has 0 unspecified atom stereocenters. The van der Waals surface area contributed by atoms with E-state index in [1.807, 2.05) is 28.9 Å². The Morgan fingerprint density at radius 1 is 0.889 bits per heavy atom. The van der Waals surface area contributed by atoms with E-state index in [-0.39, 0.29) is 0 Å². The second-order valence-electron chi connectivity index (χ2n) is 4.12. The van der Waals surface area contributed by atoms with Gasteiger partial charge >= 0.3 is 0 Å². The van der Waals surface area contributed by atoms with Gasteiger partial charge in [-0.1, -0.05) is 60.7 Å². The number of benzene rings is 2. The van der Waals surface area contributed by atoms with Crippen LogP contribution in [-0.4, -0.2) is 9.78 Å². The first kappa shape index (κ1) is 11.2. The van der Waals surface area contributed by atoms with Gasteiger partial charge in [0.25, 0.3) is 0 Å². The third-order valence-corrected chi connectivity index (χ3v) is 3.73. The van der Waals surface area contributed by atoms with E-state index < -0.39 is 0 Å². The monoisotopic (exact) mass is 252 g/mol. The number of rotatable bonds is 3. The molecule has 1 aromatic heterocycles. The van der Waals surface area contributed by atoms with Crippen LogP contribution in [0.2, 0.25) is 0 Å². The predicted molar refractivity (Wildman–Crippen MR) is 75.7 cm³/mol. The van der Waals surface area contributed by atoms with Crippen LogP contribution in [0.1, 0.15) is 5.56 Å². The molecule has 3 rings (SSSR count). The molecule has 0 aliphatic carbocycles. The van der Waals surface area contributed by atoms with E-state index >= 15 is 0 Å². The molecule has 3 aromatic rings. The van der Waals surface area contributed by atoms with E-state index in [0.717, 1.165) is 12.0 Å². The van der Waals surface area contributed by atoms with E-state index in [4.69, 9.17) is 0 Å². The summed E-state index contributed by atoms with van der Waals surface area (Å²) in [6.45, 7) is 0.837. The Morgan fingerprint density at radius 3 is 2.28 bits per heavy atom. The molecule has 0 saturated heterocycles. The summed E-state index contributed by atoms with van der Waals surface area (Å²) in [7, 11) is 1.17. The SMILES string of the molecule is c1ccc(Cn2cpc(-c3ccccc3)n2)cc1. The van der Waals surface area contributed by atoms with E-state index in [1.165, 1.54) is 19.3 Å². The lowest BCUT2D eigenvalue weighted by molar-refractivity contribution is 0.691. The van der Waals surface area contributed by atoms with Crippen LogP contribution in [0, 0.1) is 0 Å². The normalized spacial score (nSPS) is 10.9. The quantitative estimate of drug-likeness (QED) is 0.683. The molecule has 0 radical (unpaired) electrons. The van der Waals surface area contributed by atoms with Gasteiger partial charge in [0.1, 0.15) is 5.43 Å². The molecule has 0 atom stereocenters. The molecule has 0 fully saturated rings. The van der Waals surface area contributed by atoms with Crippen LogP contribution in [0.15, 0.2) is 66.6 Å². The molecular weight excluding hydrogens is 239 g/mol. The van der Waals surface area contributed by atoms with Crippen molar-refractivity contribution >= 4 is 8.19 Å². The maximum atomic E-state index is 4.64. The second-order valence-corrected chi connectivity index (χ2v) is 5.03. The number of nitrogens with zero attached hydrogens (tertiary/aromatic N) is 2. The van der Waals surface area contributed by atoms with Gasteiger partial charge in [-0.2, -0.15) is 5.10 Å². The summed E-state index contributed by atoms with van der Waals surface area (Å²) in [6, 6.07) is 20.7. The Labute approximate surface area is 108 Å². The molecular formula is C15H13N2P. The van der Waals surface area contributed by atoms with Crippen molar-refractivity contribution in [2.45, 2.75) is 6.54 Å². The molecule has 3 heteroatoms. The lowest BCUT2D eigenvalue weighted by Crippen LogP contribution is -1.99. The highest BCUT2D eigenvalue weighted by atomic mass is 31.0. The topological polar surface area (TPSA) is 17.8 Å².